The van der Waals surface area contributed by atoms with Crippen LogP contribution in [-0.4, -0.2) is 19.2 Å². The summed E-state index contributed by atoms with van der Waals surface area (Å²) in [5, 5.41) is 3.24. The van der Waals surface area contributed by atoms with E-state index < -0.39 is 6.43 Å². The van der Waals surface area contributed by atoms with Crippen molar-refractivity contribution < 1.29 is 8.78 Å². The van der Waals surface area contributed by atoms with Crippen LogP contribution in [0.4, 0.5) is 8.78 Å². The quantitative estimate of drug-likeness (QED) is 0.426. The molecule has 0 heterocycles. The number of hydrazone groups is 1. The lowest BCUT2D eigenvalue weighted by atomic mass is 10.5. The molecule has 0 saturated heterocycles. The number of hydrogen-bond acceptors (Lipinski definition) is 2. The molecule has 0 rings (SSSR count). The van der Waals surface area contributed by atoms with E-state index in [-0.39, 0.29) is 5.71 Å². The highest BCUT2D eigenvalue weighted by molar-refractivity contribution is 5.84. The highest BCUT2D eigenvalue weighted by Gasteiger charge is 2.04. The van der Waals surface area contributed by atoms with Crippen LogP contribution in [0.2, 0.25) is 0 Å². The molecule has 4 heteroatoms. The van der Waals surface area contributed by atoms with Crippen LogP contribution in [0.15, 0.2) is 5.10 Å². The predicted molar refractivity (Wildman–Crippen MR) is 28.2 cm³/mol. The molecule has 0 atom stereocenters. The number of rotatable bonds is 2. The molecule has 8 heavy (non-hydrogen) atoms. The Labute approximate surface area is 46.6 Å². The van der Waals surface area contributed by atoms with Gasteiger partial charge in [0.05, 0.1) is 0 Å². The van der Waals surface area contributed by atoms with Crippen molar-refractivity contribution in [2.24, 2.45) is 5.10 Å². The lowest BCUT2D eigenvalue weighted by molar-refractivity contribution is 0.224. The van der Waals surface area contributed by atoms with E-state index in [4.69, 9.17) is 0 Å². The average Bonchev–Trinajstić information content (AvgIpc) is 1.67. The summed E-state index contributed by atoms with van der Waals surface area (Å²) >= 11 is 0. The van der Waals surface area contributed by atoms with Gasteiger partial charge < -0.3 is 5.43 Å². The first-order chi connectivity index (χ1) is 3.68. The zero-order valence-corrected chi connectivity index (χ0v) is 4.78. The Morgan fingerprint density at radius 3 is 2.25 bits per heavy atom. The smallest absolute Gasteiger partial charge is 0.278 e. The summed E-state index contributed by atoms with van der Waals surface area (Å²) in [5.74, 6) is 0. The van der Waals surface area contributed by atoms with E-state index >= 15 is 0 Å². The highest BCUT2D eigenvalue weighted by atomic mass is 19.3. The van der Waals surface area contributed by atoms with Crippen molar-refractivity contribution in [2.45, 2.75) is 13.3 Å². The minimum Gasteiger partial charge on any atom is -0.313 e. The molecule has 0 amide bonds. The molecule has 0 aliphatic carbocycles. The van der Waals surface area contributed by atoms with Gasteiger partial charge in [-0.2, -0.15) is 5.10 Å². The molecule has 0 aliphatic heterocycles. The number of nitrogens with zero attached hydrogens (tertiary/aromatic N) is 1. The molecule has 0 unspecified atom stereocenters. The van der Waals surface area contributed by atoms with Crippen LogP contribution in [0.25, 0.3) is 0 Å². The van der Waals surface area contributed by atoms with E-state index in [0.29, 0.717) is 0 Å². The van der Waals surface area contributed by atoms with Crippen molar-refractivity contribution >= 4 is 5.71 Å². The van der Waals surface area contributed by atoms with Gasteiger partial charge in [-0.05, 0) is 6.92 Å². The normalized spacial score (nSPS) is 12.4. The van der Waals surface area contributed by atoms with Crippen LogP contribution < -0.4 is 5.43 Å². The van der Waals surface area contributed by atoms with Crippen molar-refractivity contribution in [1.29, 1.82) is 0 Å². The van der Waals surface area contributed by atoms with Crippen LogP contribution in [-0.2, 0) is 0 Å². The Bertz CT molecular complexity index is 90.0. The van der Waals surface area contributed by atoms with Gasteiger partial charge >= 0.3 is 0 Å². The lowest BCUT2D eigenvalue weighted by Gasteiger charge is -1.94. The van der Waals surface area contributed by atoms with E-state index in [9.17, 15) is 8.78 Å². The average molecular weight is 122 g/mol. The van der Waals surface area contributed by atoms with Gasteiger partial charge in [0.1, 0.15) is 5.71 Å². The van der Waals surface area contributed by atoms with Crippen LogP contribution in [0.3, 0.4) is 0 Å². The van der Waals surface area contributed by atoms with Gasteiger partial charge in [0.2, 0.25) is 0 Å². The van der Waals surface area contributed by atoms with E-state index in [1.54, 1.807) is 0 Å². The Hall–Kier alpha value is -0.670. The molecule has 0 spiro atoms. The first-order valence-corrected chi connectivity index (χ1v) is 2.17. The Balaban J connectivity index is 3.61. The maximum absolute atomic E-state index is 11.4. The third-order valence-electron chi connectivity index (χ3n) is 0.604. The molecule has 0 aromatic rings. The second-order valence-electron chi connectivity index (χ2n) is 1.28. The first kappa shape index (κ1) is 7.33. The summed E-state index contributed by atoms with van der Waals surface area (Å²) in [6.45, 7) is 1.27. The number of halogens is 2. The van der Waals surface area contributed by atoms with E-state index in [0.717, 1.165) is 0 Å². The highest BCUT2D eigenvalue weighted by Crippen LogP contribution is 1.93. The largest absolute Gasteiger partial charge is 0.313 e. The lowest BCUT2D eigenvalue weighted by Crippen LogP contribution is -2.09. The zero-order chi connectivity index (χ0) is 6.57. The third kappa shape index (κ3) is 2.49. The molecule has 1 N–H and O–H groups in total. The van der Waals surface area contributed by atoms with Crippen LogP contribution in [0, 0.1) is 0 Å². The molecular weight excluding hydrogens is 114 g/mol. The van der Waals surface area contributed by atoms with Crippen LogP contribution in [0.1, 0.15) is 6.92 Å². The summed E-state index contributed by atoms with van der Waals surface area (Å²) in [6.07, 6.45) is -2.44. The molecule has 0 aliphatic rings. The fourth-order valence-corrected chi connectivity index (χ4v) is 0.225. The number of hydrogen-bond donors (Lipinski definition) is 1. The predicted octanol–water partition coefficient (Wildman–Crippen LogP) is 0.847. The molecule has 0 fully saturated rings. The SMILES string of the molecule is CN/N=C(/C)C(F)F. The van der Waals surface area contributed by atoms with Gasteiger partial charge in [-0.1, -0.05) is 0 Å². The van der Waals surface area contributed by atoms with Crippen molar-refractivity contribution in [3.05, 3.63) is 0 Å². The fraction of sp³-hybridized carbons (Fsp3) is 0.750. The van der Waals surface area contributed by atoms with Crippen molar-refractivity contribution in [1.82, 2.24) is 5.43 Å². The minimum absolute atomic E-state index is 0.187. The van der Waals surface area contributed by atoms with Gasteiger partial charge in [0, 0.05) is 7.05 Å². The first-order valence-electron chi connectivity index (χ1n) is 2.17. The van der Waals surface area contributed by atoms with E-state index in [1.807, 2.05) is 0 Å². The molecule has 48 valence electrons. The van der Waals surface area contributed by atoms with Crippen molar-refractivity contribution in [3.8, 4) is 0 Å². The Morgan fingerprint density at radius 1 is 1.62 bits per heavy atom. The summed E-state index contributed by atoms with van der Waals surface area (Å²) in [6, 6.07) is 0. The van der Waals surface area contributed by atoms with Gasteiger partial charge in [-0.25, -0.2) is 8.78 Å². The fourth-order valence-electron chi connectivity index (χ4n) is 0.225. The van der Waals surface area contributed by atoms with Crippen molar-refractivity contribution in [3.63, 3.8) is 0 Å². The second-order valence-corrected chi connectivity index (χ2v) is 1.28. The molecule has 0 saturated carbocycles. The van der Waals surface area contributed by atoms with Crippen LogP contribution in [0.5, 0.6) is 0 Å². The molecule has 2 nitrogen and oxygen atoms in total. The minimum atomic E-state index is -2.44. The van der Waals surface area contributed by atoms with Crippen molar-refractivity contribution in [2.75, 3.05) is 7.05 Å². The Morgan fingerprint density at radius 2 is 2.12 bits per heavy atom. The topological polar surface area (TPSA) is 24.4 Å². The molecular formula is C4H8F2N2. The van der Waals surface area contributed by atoms with Gasteiger partial charge in [-0.3, -0.25) is 0 Å². The summed E-state index contributed by atoms with van der Waals surface area (Å²) in [5.41, 5.74) is 2.07. The summed E-state index contributed by atoms with van der Waals surface area (Å²) in [7, 11) is 1.48. The number of alkyl halides is 2. The van der Waals surface area contributed by atoms with Gasteiger partial charge in [0.25, 0.3) is 6.43 Å². The maximum Gasteiger partial charge on any atom is 0.278 e. The van der Waals surface area contributed by atoms with E-state index in [1.165, 1.54) is 14.0 Å². The molecule has 0 aromatic carbocycles. The number of nitrogens with one attached hydrogen (secondary N) is 1. The summed E-state index contributed by atoms with van der Waals surface area (Å²) in [4.78, 5) is 0. The van der Waals surface area contributed by atoms with Gasteiger partial charge in [-0.15, -0.1) is 0 Å². The van der Waals surface area contributed by atoms with Crippen LogP contribution >= 0.6 is 0 Å². The second kappa shape index (κ2) is 3.35. The molecule has 0 bridgehead atoms. The molecule has 0 radical (unpaired) electrons. The van der Waals surface area contributed by atoms with E-state index in [2.05, 4.69) is 10.5 Å². The van der Waals surface area contributed by atoms with Gasteiger partial charge in [0.15, 0.2) is 0 Å². The molecule has 0 aromatic heterocycles. The summed E-state index contributed by atoms with van der Waals surface area (Å²) < 4.78 is 22.9. The monoisotopic (exact) mass is 122 g/mol. The zero-order valence-electron chi connectivity index (χ0n) is 4.78. The maximum atomic E-state index is 11.4. The third-order valence-corrected chi connectivity index (χ3v) is 0.604. The Kier molecular flexibility index (Phi) is 3.07. The standard InChI is InChI=1S/C4H8F2N2/c1-3(4(5)6)8-7-2/h4,7H,1-2H3/b8-3-.